The molecule has 0 unspecified atom stereocenters. The molecule has 0 aliphatic carbocycles. The predicted octanol–water partition coefficient (Wildman–Crippen LogP) is 5.40. The molecule has 0 spiro atoms. The number of likely N-dealkylation sites (tertiary alicyclic amines) is 1. The summed E-state index contributed by atoms with van der Waals surface area (Å²) in [6.45, 7) is 0.951. The van der Waals surface area contributed by atoms with Gasteiger partial charge in [0.1, 0.15) is 0 Å². The van der Waals surface area contributed by atoms with Crippen LogP contribution < -0.4 is 5.32 Å². The Balaban J connectivity index is 1.55. The van der Waals surface area contributed by atoms with Gasteiger partial charge in [-0.2, -0.15) is 0 Å². The Hall–Kier alpha value is -2.44. The molecule has 6 nitrogen and oxygen atoms in total. The Labute approximate surface area is 179 Å². The largest absolute Gasteiger partial charge is 0.428 e. The first-order valence-corrected chi connectivity index (χ1v) is 10.2. The van der Waals surface area contributed by atoms with Gasteiger partial charge in [0.05, 0.1) is 22.2 Å². The van der Waals surface area contributed by atoms with E-state index in [-0.39, 0.29) is 6.42 Å². The maximum absolute atomic E-state index is 12.2. The molecule has 0 saturated carbocycles. The number of hydrogen-bond acceptors (Lipinski definition) is 5. The summed E-state index contributed by atoms with van der Waals surface area (Å²) in [4.78, 5) is 25.8. The number of benzene rings is 2. The first-order chi connectivity index (χ1) is 14.0. The fourth-order valence-corrected chi connectivity index (χ4v) is 3.56. The van der Waals surface area contributed by atoms with Crippen molar-refractivity contribution in [1.82, 2.24) is 4.90 Å². The second kappa shape index (κ2) is 10.4. The molecule has 1 N–H and O–H groups in total. The third kappa shape index (κ3) is 6.02. The van der Waals surface area contributed by atoms with E-state index in [1.54, 1.807) is 29.2 Å². The van der Waals surface area contributed by atoms with Gasteiger partial charge in [-0.05, 0) is 43.0 Å². The molecule has 0 bridgehead atoms. The molecule has 154 valence electrons. The monoisotopic (exact) mass is 436 g/mol. The highest BCUT2D eigenvalue weighted by Gasteiger charge is 2.18. The molecular formula is C21H22Cl2N2O4. The fraction of sp³-hybridized carbons (Fsp3) is 0.333. The van der Waals surface area contributed by atoms with Gasteiger partial charge >= 0.3 is 12.1 Å². The lowest BCUT2D eigenvalue weighted by Crippen LogP contribution is -2.36. The summed E-state index contributed by atoms with van der Waals surface area (Å²) >= 11 is 12.4. The molecule has 0 atom stereocenters. The molecule has 1 amide bonds. The second-order valence-corrected chi connectivity index (χ2v) is 7.46. The number of halogens is 2. The van der Waals surface area contributed by atoms with Crippen molar-refractivity contribution in [2.24, 2.45) is 0 Å². The molecule has 1 saturated heterocycles. The first kappa shape index (κ1) is 21.3. The molecule has 3 rings (SSSR count). The van der Waals surface area contributed by atoms with Gasteiger partial charge in [-0.1, -0.05) is 47.5 Å². The third-order valence-corrected chi connectivity index (χ3v) is 5.22. The molecule has 1 heterocycles. The number of esters is 1. The first-order valence-electron chi connectivity index (χ1n) is 9.41. The van der Waals surface area contributed by atoms with E-state index in [4.69, 9.17) is 32.7 Å². The van der Waals surface area contributed by atoms with Crippen molar-refractivity contribution in [1.29, 1.82) is 0 Å². The van der Waals surface area contributed by atoms with Crippen LogP contribution in [-0.2, 0) is 20.7 Å². The van der Waals surface area contributed by atoms with Crippen LogP contribution >= 0.6 is 23.2 Å². The van der Waals surface area contributed by atoms with Crippen LogP contribution in [0.1, 0.15) is 24.8 Å². The van der Waals surface area contributed by atoms with Crippen molar-refractivity contribution in [2.45, 2.75) is 25.7 Å². The highest BCUT2D eigenvalue weighted by molar-refractivity contribution is 6.39. The van der Waals surface area contributed by atoms with Crippen LogP contribution in [0.5, 0.6) is 0 Å². The zero-order valence-electron chi connectivity index (χ0n) is 15.8. The number of nitrogens with zero attached hydrogens (tertiary/aromatic N) is 1. The number of anilines is 2. The minimum Gasteiger partial charge on any atom is -0.428 e. The van der Waals surface area contributed by atoms with Crippen LogP contribution in [0.2, 0.25) is 10.0 Å². The van der Waals surface area contributed by atoms with Crippen LogP contribution in [0.15, 0.2) is 42.5 Å². The van der Waals surface area contributed by atoms with Crippen LogP contribution in [0.4, 0.5) is 16.2 Å². The van der Waals surface area contributed by atoms with Crippen molar-refractivity contribution in [2.75, 3.05) is 25.2 Å². The summed E-state index contributed by atoms with van der Waals surface area (Å²) in [7, 11) is 0. The van der Waals surface area contributed by atoms with Gasteiger partial charge in [0.25, 0.3) is 0 Å². The molecule has 2 aromatic rings. The zero-order valence-corrected chi connectivity index (χ0v) is 17.3. The topological polar surface area (TPSA) is 67.9 Å². The molecule has 1 aliphatic rings. The van der Waals surface area contributed by atoms with Crippen molar-refractivity contribution >= 4 is 46.6 Å². The molecule has 8 heteroatoms. The number of amides is 1. The SMILES string of the molecule is O=C(Cc1ccccc1Nc1c(Cl)cccc1Cl)OCOC(=O)N1CCCCC1. The number of piperidine rings is 1. The van der Waals surface area contributed by atoms with Gasteiger partial charge in [0, 0.05) is 18.8 Å². The number of para-hydroxylation sites is 2. The highest BCUT2D eigenvalue weighted by Crippen LogP contribution is 2.33. The predicted molar refractivity (Wildman–Crippen MR) is 113 cm³/mol. The second-order valence-electron chi connectivity index (χ2n) is 6.65. The Morgan fingerprint density at radius 3 is 2.34 bits per heavy atom. The number of carbonyl (C=O) groups is 2. The van der Waals surface area contributed by atoms with Crippen LogP contribution in [0.25, 0.3) is 0 Å². The average Bonchev–Trinajstić information content (AvgIpc) is 2.72. The Morgan fingerprint density at radius 2 is 1.62 bits per heavy atom. The summed E-state index contributed by atoms with van der Waals surface area (Å²) in [6.07, 6.45) is 2.60. The van der Waals surface area contributed by atoms with Gasteiger partial charge in [-0.3, -0.25) is 4.79 Å². The maximum Gasteiger partial charge on any atom is 0.412 e. The molecule has 1 fully saturated rings. The van der Waals surface area contributed by atoms with Gasteiger partial charge in [-0.25, -0.2) is 4.79 Å². The van der Waals surface area contributed by atoms with Gasteiger partial charge in [0.2, 0.25) is 6.79 Å². The smallest absolute Gasteiger partial charge is 0.412 e. The third-order valence-electron chi connectivity index (χ3n) is 4.59. The van der Waals surface area contributed by atoms with Gasteiger partial charge < -0.3 is 19.7 Å². The fourth-order valence-electron chi connectivity index (χ4n) is 3.07. The molecule has 0 aromatic heterocycles. The van der Waals surface area contributed by atoms with E-state index in [1.807, 2.05) is 18.2 Å². The number of nitrogens with one attached hydrogen (secondary N) is 1. The minimum absolute atomic E-state index is 0.00646. The molecule has 1 aliphatic heterocycles. The average molecular weight is 437 g/mol. The molecule has 2 aromatic carbocycles. The summed E-state index contributed by atoms with van der Waals surface area (Å²) in [5.74, 6) is -0.504. The molecule has 29 heavy (non-hydrogen) atoms. The standard InChI is InChI=1S/C21H22Cl2N2O4/c22-16-8-6-9-17(23)20(16)24-18-10-3-2-7-15(18)13-19(26)28-14-29-21(27)25-11-4-1-5-12-25/h2-3,6-10,24H,1,4-5,11-14H2. The molecule has 0 radical (unpaired) electrons. The summed E-state index contributed by atoms with van der Waals surface area (Å²) < 4.78 is 10.1. The van der Waals surface area contributed by atoms with Crippen molar-refractivity contribution in [3.8, 4) is 0 Å². The Kier molecular flexibility index (Phi) is 7.61. The van der Waals surface area contributed by atoms with E-state index < -0.39 is 18.9 Å². The normalized spacial score (nSPS) is 13.7. The number of hydrogen-bond donors (Lipinski definition) is 1. The lowest BCUT2D eigenvalue weighted by Gasteiger charge is -2.25. The quantitative estimate of drug-likeness (QED) is 0.484. The summed E-state index contributed by atoms with van der Waals surface area (Å²) in [6, 6.07) is 12.5. The van der Waals surface area contributed by atoms with E-state index in [1.165, 1.54) is 0 Å². The number of carbonyl (C=O) groups excluding carboxylic acids is 2. The lowest BCUT2D eigenvalue weighted by molar-refractivity contribution is -0.151. The summed E-state index contributed by atoms with van der Waals surface area (Å²) in [5.41, 5.74) is 1.95. The minimum atomic E-state index is -0.504. The maximum atomic E-state index is 12.2. The number of rotatable bonds is 6. The number of ether oxygens (including phenoxy) is 2. The van der Waals surface area contributed by atoms with Gasteiger partial charge in [-0.15, -0.1) is 0 Å². The lowest BCUT2D eigenvalue weighted by atomic mass is 10.1. The van der Waals surface area contributed by atoms with Crippen molar-refractivity contribution in [3.05, 3.63) is 58.1 Å². The molecular weight excluding hydrogens is 415 g/mol. The van der Waals surface area contributed by atoms with E-state index in [9.17, 15) is 9.59 Å². The van der Waals surface area contributed by atoms with E-state index in [0.717, 1.165) is 19.3 Å². The highest BCUT2D eigenvalue weighted by atomic mass is 35.5. The van der Waals surface area contributed by atoms with Crippen LogP contribution in [0.3, 0.4) is 0 Å². The zero-order chi connectivity index (χ0) is 20.6. The Bertz CT molecular complexity index is 849. The van der Waals surface area contributed by atoms with Gasteiger partial charge in [0.15, 0.2) is 0 Å². The summed E-state index contributed by atoms with van der Waals surface area (Å²) in [5, 5.41) is 4.11. The van der Waals surface area contributed by atoms with Crippen LogP contribution in [0, 0.1) is 0 Å². The van der Waals surface area contributed by atoms with E-state index >= 15 is 0 Å². The van der Waals surface area contributed by atoms with Crippen molar-refractivity contribution < 1.29 is 19.1 Å². The van der Waals surface area contributed by atoms with Crippen molar-refractivity contribution in [3.63, 3.8) is 0 Å². The Morgan fingerprint density at radius 1 is 0.931 bits per heavy atom. The van der Waals surface area contributed by atoms with E-state index in [0.29, 0.717) is 40.1 Å². The van der Waals surface area contributed by atoms with Crippen LogP contribution in [-0.4, -0.2) is 36.8 Å². The van der Waals surface area contributed by atoms with E-state index in [2.05, 4.69) is 5.32 Å².